The highest BCUT2D eigenvalue weighted by Crippen LogP contribution is 2.19. The second kappa shape index (κ2) is 7.73. The molecule has 6 heteroatoms. The average molecular weight is 319 g/mol. The van der Waals surface area contributed by atoms with Gasteiger partial charge in [-0.1, -0.05) is 0 Å². The van der Waals surface area contributed by atoms with Crippen LogP contribution in [0.1, 0.15) is 38.1 Å². The summed E-state index contributed by atoms with van der Waals surface area (Å²) in [4.78, 5) is 25.4. The van der Waals surface area contributed by atoms with Crippen LogP contribution in [-0.4, -0.2) is 54.0 Å². The molecule has 2 rings (SSSR count). The second-order valence-electron chi connectivity index (χ2n) is 6.91. The Balaban J connectivity index is 1.90. The van der Waals surface area contributed by atoms with E-state index in [1.165, 1.54) is 0 Å². The van der Waals surface area contributed by atoms with Crippen molar-refractivity contribution in [2.45, 2.75) is 46.2 Å². The van der Waals surface area contributed by atoms with Crippen molar-refractivity contribution in [1.82, 2.24) is 20.2 Å². The van der Waals surface area contributed by atoms with E-state index in [0.29, 0.717) is 0 Å². The zero-order valence-electron chi connectivity index (χ0n) is 15.0. The molecule has 2 heterocycles. The van der Waals surface area contributed by atoms with Crippen molar-refractivity contribution in [1.29, 1.82) is 0 Å². The van der Waals surface area contributed by atoms with Crippen molar-refractivity contribution in [3.63, 3.8) is 0 Å². The molecule has 1 aliphatic heterocycles. The maximum absolute atomic E-state index is 12.1. The Morgan fingerprint density at radius 1 is 1.35 bits per heavy atom. The molecule has 1 aromatic heterocycles. The van der Waals surface area contributed by atoms with Crippen molar-refractivity contribution >= 4 is 11.9 Å². The van der Waals surface area contributed by atoms with Crippen LogP contribution < -0.4 is 10.2 Å². The fourth-order valence-electron chi connectivity index (χ4n) is 2.88. The first kappa shape index (κ1) is 17.7. The number of hydrogen-bond donors (Lipinski definition) is 1. The molecular weight excluding hydrogens is 290 g/mol. The highest BCUT2D eigenvalue weighted by molar-refractivity contribution is 5.78. The molecule has 1 amide bonds. The van der Waals surface area contributed by atoms with Crippen LogP contribution in [0.4, 0.5) is 5.95 Å². The molecule has 1 aliphatic rings. The number of piperidine rings is 1. The number of nitrogens with one attached hydrogen (secondary N) is 1. The van der Waals surface area contributed by atoms with E-state index in [1.54, 1.807) is 0 Å². The molecule has 1 N–H and O–H groups in total. The molecule has 0 unspecified atom stereocenters. The van der Waals surface area contributed by atoms with Gasteiger partial charge in [-0.15, -0.1) is 0 Å². The van der Waals surface area contributed by atoms with Gasteiger partial charge in [-0.25, -0.2) is 9.97 Å². The minimum Gasteiger partial charge on any atom is -0.354 e. The van der Waals surface area contributed by atoms with Crippen molar-refractivity contribution in [3.8, 4) is 0 Å². The van der Waals surface area contributed by atoms with Gasteiger partial charge in [0, 0.05) is 38.3 Å². The third kappa shape index (κ3) is 5.16. The number of anilines is 1. The number of aryl methyl sites for hydroxylation is 1. The van der Waals surface area contributed by atoms with Gasteiger partial charge in [0.25, 0.3) is 0 Å². The van der Waals surface area contributed by atoms with Gasteiger partial charge >= 0.3 is 0 Å². The standard InChI is InChI=1S/C17H29N5O/c1-12(2)18-16(23)14-6-8-22(9-7-14)11-15-10-13(3)19-17(20-15)21(4)5/h10,12,14H,6-9,11H2,1-5H3,(H,18,23). The maximum Gasteiger partial charge on any atom is 0.225 e. The van der Waals surface area contributed by atoms with Crippen LogP contribution in [0, 0.1) is 12.8 Å². The third-order valence-corrected chi connectivity index (χ3v) is 4.07. The van der Waals surface area contributed by atoms with E-state index in [-0.39, 0.29) is 17.9 Å². The number of rotatable bonds is 5. The number of amides is 1. The number of likely N-dealkylation sites (tertiary alicyclic amines) is 1. The molecule has 1 saturated heterocycles. The largest absolute Gasteiger partial charge is 0.354 e. The monoisotopic (exact) mass is 319 g/mol. The van der Waals surface area contributed by atoms with Crippen LogP contribution >= 0.6 is 0 Å². The number of carbonyl (C=O) groups excluding carboxylic acids is 1. The van der Waals surface area contributed by atoms with E-state index in [0.717, 1.165) is 49.8 Å². The fourth-order valence-corrected chi connectivity index (χ4v) is 2.88. The van der Waals surface area contributed by atoms with Gasteiger partial charge in [0.2, 0.25) is 11.9 Å². The van der Waals surface area contributed by atoms with Crippen LogP contribution in [-0.2, 0) is 11.3 Å². The summed E-state index contributed by atoms with van der Waals surface area (Å²) in [7, 11) is 3.91. The third-order valence-electron chi connectivity index (χ3n) is 4.07. The lowest BCUT2D eigenvalue weighted by Gasteiger charge is -2.31. The van der Waals surface area contributed by atoms with Gasteiger partial charge in [0.1, 0.15) is 0 Å². The van der Waals surface area contributed by atoms with Crippen molar-refractivity contribution in [2.24, 2.45) is 5.92 Å². The van der Waals surface area contributed by atoms with E-state index in [1.807, 2.05) is 45.8 Å². The zero-order chi connectivity index (χ0) is 17.0. The lowest BCUT2D eigenvalue weighted by atomic mass is 9.95. The Labute approximate surface area is 139 Å². The molecule has 0 saturated carbocycles. The molecule has 0 spiro atoms. The van der Waals surface area contributed by atoms with Crippen molar-refractivity contribution < 1.29 is 4.79 Å². The molecule has 0 radical (unpaired) electrons. The number of aromatic nitrogens is 2. The molecular formula is C17H29N5O. The Bertz CT molecular complexity index is 536. The van der Waals surface area contributed by atoms with E-state index >= 15 is 0 Å². The van der Waals surface area contributed by atoms with Crippen LogP contribution in [0.5, 0.6) is 0 Å². The molecule has 0 bridgehead atoms. The van der Waals surface area contributed by atoms with E-state index in [2.05, 4.69) is 20.2 Å². The average Bonchev–Trinajstić information content (AvgIpc) is 2.46. The van der Waals surface area contributed by atoms with Crippen LogP contribution in [0.15, 0.2) is 6.07 Å². The molecule has 0 aliphatic carbocycles. The number of hydrogen-bond acceptors (Lipinski definition) is 5. The predicted molar refractivity (Wildman–Crippen MR) is 92.4 cm³/mol. The molecule has 1 aromatic rings. The van der Waals surface area contributed by atoms with Crippen molar-refractivity contribution in [2.75, 3.05) is 32.1 Å². The molecule has 0 atom stereocenters. The van der Waals surface area contributed by atoms with Crippen LogP contribution in [0.2, 0.25) is 0 Å². The second-order valence-corrected chi connectivity index (χ2v) is 6.91. The first-order valence-electron chi connectivity index (χ1n) is 8.39. The summed E-state index contributed by atoms with van der Waals surface area (Å²) < 4.78 is 0. The molecule has 23 heavy (non-hydrogen) atoms. The number of carbonyl (C=O) groups is 1. The Morgan fingerprint density at radius 2 is 2.00 bits per heavy atom. The van der Waals surface area contributed by atoms with E-state index in [4.69, 9.17) is 0 Å². The summed E-state index contributed by atoms with van der Waals surface area (Å²) in [5, 5.41) is 3.02. The van der Waals surface area contributed by atoms with Crippen molar-refractivity contribution in [3.05, 3.63) is 17.5 Å². The van der Waals surface area contributed by atoms with E-state index < -0.39 is 0 Å². The van der Waals surface area contributed by atoms with E-state index in [9.17, 15) is 4.79 Å². The topological polar surface area (TPSA) is 61.4 Å². The minimum absolute atomic E-state index is 0.151. The van der Waals surface area contributed by atoms with Gasteiger partial charge in [0.05, 0.1) is 5.69 Å². The van der Waals surface area contributed by atoms with Gasteiger partial charge in [-0.3, -0.25) is 9.69 Å². The maximum atomic E-state index is 12.1. The SMILES string of the molecule is Cc1cc(CN2CCC(C(=O)NC(C)C)CC2)nc(N(C)C)n1. The highest BCUT2D eigenvalue weighted by atomic mass is 16.1. The highest BCUT2D eigenvalue weighted by Gasteiger charge is 2.25. The van der Waals surface area contributed by atoms with Gasteiger partial charge in [-0.2, -0.15) is 0 Å². The normalized spacial score (nSPS) is 16.6. The number of nitrogens with zero attached hydrogens (tertiary/aromatic N) is 4. The summed E-state index contributed by atoms with van der Waals surface area (Å²) in [5.74, 6) is 1.11. The van der Waals surface area contributed by atoms with Gasteiger partial charge in [-0.05, 0) is 52.8 Å². The molecule has 1 fully saturated rings. The summed E-state index contributed by atoms with van der Waals surface area (Å²) in [6.45, 7) is 8.72. The molecule has 128 valence electrons. The summed E-state index contributed by atoms with van der Waals surface area (Å²) in [5.41, 5.74) is 2.04. The summed E-state index contributed by atoms with van der Waals surface area (Å²) in [6.07, 6.45) is 1.84. The predicted octanol–water partition coefficient (Wildman–Crippen LogP) is 1.59. The summed E-state index contributed by atoms with van der Waals surface area (Å²) in [6, 6.07) is 2.26. The molecule has 0 aromatic carbocycles. The lowest BCUT2D eigenvalue weighted by Crippen LogP contribution is -2.42. The Hall–Kier alpha value is -1.69. The summed E-state index contributed by atoms with van der Waals surface area (Å²) >= 11 is 0. The molecule has 6 nitrogen and oxygen atoms in total. The smallest absolute Gasteiger partial charge is 0.225 e. The van der Waals surface area contributed by atoms with Gasteiger partial charge in [0.15, 0.2) is 0 Å². The first-order chi connectivity index (χ1) is 10.8. The van der Waals surface area contributed by atoms with Crippen LogP contribution in [0.25, 0.3) is 0 Å². The zero-order valence-corrected chi connectivity index (χ0v) is 15.0. The minimum atomic E-state index is 0.151. The first-order valence-corrected chi connectivity index (χ1v) is 8.39. The lowest BCUT2D eigenvalue weighted by molar-refractivity contribution is -0.127. The quantitative estimate of drug-likeness (QED) is 0.893. The van der Waals surface area contributed by atoms with Gasteiger partial charge < -0.3 is 10.2 Å². The fraction of sp³-hybridized carbons (Fsp3) is 0.706. The van der Waals surface area contributed by atoms with Crippen LogP contribution in [0.3, 0.4) is 0 Å². The Morgan fingerprint density at radius 3 is 2.57 bits per heavy atom. The Kier molecular flexibility index (Phi) is 5.93.